The number of aromatic nitrogens is 2. The van der Waals surface area contributed by atoms with Gasteiger partial charge in [0.05, 0.1) is 10.6 Å². The summed E-state index contributed by atoms with van der Waals surface area (Å²) in [6.07, 6.45) is 3.71. The summed E-state index contributed by atoms with van der Waals surface area (Å²) in [6, 6.07) is 0. The zero-order valence-electron chi connectivity index (χ0n) is 7.37. The van der Waals surface area contributed by atoms with Crippen molar-refractivity contribution >= 4 is 21.9 Å². The normalized spacial score (nSPS) is 12.5. The van der Waals surface area contributed by atoms with Gasteiger partial charge in [-0.25, -0.2) is 9.97 Å². The number of aliphatic hydroxyl groups is 1. The number of nitrogens with one attached hydrogen (secondary N) is 1. The molecular formula is C8H12BrN3O. The molecule has 72 valence electrons. The lowest BCUT2D eigenvalue weighted by molar-refractivity contribution is 0.183. The molecule has 1 heterocycles. The van der Waals surface area contributed by atoms with Gasteiger partial charge in [-0.2, -0.15) is 0 Å². The van der Waals surface area contributed by atoms with Crippen LogP contribution in [0, 0.1) is 0 Å². The maximum Gasteiger partial charge on any atom is 0.222 e. The highest BCUT2D eigenvalue weighted by Crippen LogP contribution is 2.06. The minimum absolute atomic E-state index is 0.341. The smallest absolute Gasteiger partial charge is 0.222 e. The molecule has 0 aromatic carbocycles. The van der Waals surface area contributed by atoms with Crippen LogP contribution in [-0.2, 0) is 0 Å². The van der Waals surface area contributed by atoms with E-state index in [2.05, 4.69) is 31.2 Å². The number of halogens is 1. The Balaban J connectivity index is 2.41. The van der Waals surface area contributed by atoms with Crippen LogP contribution in [0.1, 0.15) is 13.3 Å². The average Bonchev–Trinajstić information content (AvgIpc) is 2.16. The lowest BCUT2D eigenvalue weighted by Gasteiger charge is -2.08. The van der Waals surface area contributed by atoms with Gasteiger partial charge in [-0.15, -0.1) is 0 Å². The van der Waals surface area contributed by atoms with Crippen molar-refractivity contribution in [2.24, 2.45) is 0 Å². The first-order valence-electron chi connectivity index (χ1n) is 4.12. The number of anilines is 1. The van der Waals surface area contributed by atoms with Crippen LogP contribution < -0.4 is 5.32 Å². The SMILES string of the molecule is CCC(O)CNc1ncc(Br)cn1. The molecule has 1 rings (SSSR count). The Morgan fingerprint density at radius 1 is 1.54 bits per heavy atom. The van der Waals surface area contributed by atoms with Crippen LogP contribution in [0.25, 0.3) is 0 Å². The third kappa shape index (κ3) is 3.69. The van der Waals surface area contributed by atoms with Crippen LogP contribution in [0.4, 0.5) is 5.95 Å². The van der Waals surface area contributed by atoms with Crippen molar-refractivity contribution in [3.05, 3.63) is 16.9 Å². The number of hydrogen-bond acceptors (Lipinski definition) is 4. The Hall–Kier alpha value is -0.680. The first-order chi connectivity index (χ1) is 6.22. The fourth-order valence-corrected chi connectivity index (χ4v) is 0.962. The second kappa shape index (κ2) is 5.14. The molecule has 5 heteroatoms. The molecule has 0 saturated heterocycles. The molecule has 0 radical (unpaired) electrons. The lowest BCUT2D eigenvalue weighted by atomic mass is 10.3. The second-order valence-corrected chi connectivity index (χ2v) is 3.58. The number of hydrogen-bond donors (Lipinski definition) is 2. The Labute approximate surface area is 85.5 Å². The summed E-state index contributed by atoms with van der Waals surface area (Å²) in [6.45, 7) is 2.41. The molecule has 0 amide bonds. The fourth-order valence-electron chi connectivity index (χ4n) is 0.757. The molecule has 0 bridgehead atoms. The maximum atomic E-state index is 9.25. The predicted octanol–water partition coefficient (Wildman–Crippen LogP) is 1.42. The van der Waals surface area contributed by atoms with E-state index >= 15 is 0 Å². The van der Waals surface area contributed by atoms with Crippen molar-refractivity contribution in [1.82, 2.24) is 9.97 Å². The van der Waals surface area contributed by atoms with Gasteiger partial charge in [-0.05, 0) is 22.4 Å². The van der Waals surface area contributed by atoms with Gasteiger partial charge in [-0.3, -0.25) is 0 Å². The van der Waals surface area contributed by atoms with Crippen LogP contribution in [0.3, 0.4) is 0 Å². The highest BCUT2D eigenvalue weighted by molar-refractivity contribution is 9.10. The second-order valence-electron chi connectivity index (χ2n) is 2.67. The Morgan fingerprint density at radius 2 is 2.15 bits per heavy atom. The van der Waals surface area contributed by atoms with E-state index in [-0.39, 0.29) is 6.10 Å². The van der Waals surface area contributed by atoms with Crippen LogP contribution in [0.5, 0.6) is 0 Å². The molecule has 0 aliphatic carbocycles. The van der Waals surface area contributed by atoms with E-state index < -0.39 is 0 Å². The van der Waals surface area contributed by atoms with Gasteiger partial charge in [0.25, 0.3) is 0 Å². The minimum atomic E-state index is -0.341. The molecule has 1 unspecified atom stereocenters. The van der Waals surface area contributed by atoms with Crippen molar-refractivity contribution in [1.29, 1.82) is 0 Å². The first-order valence-corrected chi connectivity index (χ1v) is 4.91. The van der Waals surface area contributed by atoms with E-state index in [0.29, 0.717) is 12.5 Å². The molecule has 1 atom stereocenters. The van der Waals surface area contributed by atoms with E-state index in [1.807, 2.05) is 6.92 Å². The predicted molar refractivity (Wildman–Crippen MR) is 54.5 cm³/mol. The summed E-state index contributed by atoms with van der Waals surface area (Å²) < 4.78 is 0.842. The first kappa shape index (κ1) is 10.4. The van der Waals surface area contributed by atoms with Gasteiger partial charge in [0.2, 0.25) is 5.95 Å². The molecule has 0 saturated carbocycles. The Morgan fingerprint density at radius 3 is 2.69 bits per heavy atom. The van der Waals surface area contributed by atoms with Crippen molar-refractivity contribution in [2.45, 2.75) is 19.4 Å². The quantitative estimate of drug-likeness (QED) is 0.843. The van der Waals surface area contributed by atoms with Crippen LogP contribution in [0.15, 0.2) is 16.9 Å². The topological polar surface area (TPSA) is 58.0 Å². The molecule has 0 spiro atoms. The summed E-state index contributed by atoms with van der Waals surface area (Å²) in [4.78, 5) is 8.01. The molecule has 2 N–H and O–H groups in total. The number of aliphatic hydroxyl groups excluding tert-OH is 1. The molecule has 1 aromatic rings. The minimum Gasteiger partial charge on any atom is -0.391 e. The molecule has 0 aliphatic heterocycles. The largest absolute Gasteiger partial charge is 0.391 e. The Kier molecular flexibility index (Phi) is 4.11. The fraction of sp³-hybridized carbons (Fsp3) is 0.500. The zero-order chi connectivity index (χ0) is 9.68. The summed E-state index contributed by atoms with van der Waals surface area (Å²) in [5.41, 5.74) is 0. The summed E-state index contributed by atoms with van der Waals surface area (Å²) in [7, 11) is 0. The van der Waals surface area contributed by atoms with Crippen LogP contribution in [0.2, 0.25) is 0 Å². The van der Waals surface area contributed by atoms with Gasteiger partial charge < -0.3 is 10.4 Å². The van der Waals surface area contributed by atoms with E-state index in [9.17, 15) is 5.11 Å². The van der Waals surface area contributed by atoms with Crippen LogP contribution >= 0.6 is 15.9 Å². The monoisotopic (exact) mass is 245 g/mol. The van der Waals surface area contributed by atoms with Crippen molar-refractivity contribution in [2.75, 3.05) is 11.9 Å². The van der Waals surface area contributed by atoms with Gasteiger partial charge in [-0.1, -0.05) is 6.92 Å². The van der Waals surface area contributed by atoms with E-state index in [4.69, 9.17) is 0 Å². The van der Waals surface area contributed by atoms with Crippen LogP contribution in [-0.4, -0.2) is 27.7 Å². The standard InChI is InChI=1S/C8H12BrN3O/c1-2-7(13)5-12-8-10-3-6(9)4-11-8/h3-4,7,13H,2,5H2,1H3,(H,10,11,12). The van der Waals surface area contributed by atoms with Gasteiger partial charge in [0.15, 0.2) is 0 Å². The molecular weight excluding hydrogens is 234 g/mol. The van der Waals surface area contributed by atoms with Crippen molar-refractivity contribution in [3.63, 3.8) is 0 Å². The third-order valence-corrected chi connectivity index (χ3v) is 2.00. The van der Waals surface area contributed by atoms with E-state index in [1.165, 1.54) is 0 Å². The van der Waals surface area contributed by atoms with Gasteiger partial charge in [0, 0.05) is 18.9 Å². The third-order valence-electron chi connectivity index (χ3n) is 1.59. The molecule has 13 heavy (non-hydrogen) atoms. The molecule has 0 fully saturated rings. The molecule has 1 aromatic heterocycles. The maximum absolute atomic E-state index is 9.25. The van der Waals surface area contributed by atoms with Crippen molar-refractivity contribution < 1.29 is 5.11 Å². The summed E-state index contributed by atoms with van der Waals surface area (Å²) in [5, 5.41) is 12.2. The van der Waals surface area contributed by atoms with Gasteiger partial charge in [0.1, 0.15) is 0 Å². The average molecular weight is 246 g/mol. The highest BCUT2D eigenvalue weighted by Gasteiger charge is 2.00. The molecule has 4 nitrogen and oxygen atoms in total. The zero-order valence-corrected chi connectivity index (χ0v) is 8.95. The van der Waals surface area contributed by atoms with Gasteiger partial charge >= 0.3 is 0 Å². The Bertz CT molecular complexity index is 252. The van der Waals surface area contributed by atoms with E-state index in [0.717, 1.165) is 10.9 Å². The summed E-state index contributed by atoms with van der Waals surface area (Å²) in [5.74, 6) is 0.538. The summed E-state index contributed by atoms with van der Waals surface area (Å²) >= 11 is 3.24. The number of nitrogens with zero attached hydrogens (tertiary/aromatic N) is 2. The molecule has 0 aliphatic rings. The van der Waals surface area contributed by atoms with Crippen molar-refractivity contribution in [3.8, 4) is 0 Å². The highest BCUT2D eigenvalue weighted by atomic mass is 79.9. The van der Waals surface area contributed by atoms with E-state index in [1.54, 1.807) is 12.4 Å². The lowest BCUT2D eigenvalue weighted by Crippen LogP contribution is -2.19. The number of rotatable bonds is 4.